The Bertz CT molecular complexity index is 1230. The Morgan fingerprint density at radius 3 is 3.00 bits per heavy atom. The molecule has 0 aliphatic rings. The monoisotopic (exact) mass is 379 g/mol. The normalized spacial score (nSPS) is 12.1. The van der Waals surface area contributed by atoms with E-state index in [1.54, 1.807) is 23.0 Å². The average Bonchev–Trinajstić information content (AvgIpc) is 3.17. The Balaban J connectivity index is 1.80. The largest absolute Gasteiger partial charge is 0.402 e. The maximum atomic E-state index is 12.9. The smallest absolute Gasteiger partial charge is 0.291 e. The van der Waals surface area contributed by atoms with Gasteiger partial charge < -0.3 is 15.7 Å². The molecular weight excluding hydrogens is 362 g/mol. The van der Waals surface area contributed by atoms with Crippen molar-refractivity contribution in [1.82, 2.24) is 24.3 Å². The molecule has 0 radical (unpaired) electrons. The van der Waals surface area contributed by atoms with E-state index in [1.807, 2.05) is 25.2 Å². The van der Waals surface area contributed by atoms with Crippen LogP contribution in [0.3, 0.4) is 0 Å². The molecule has 3 N–H and O–H groups in total. The van der Waals surface area contributed by atoms with Crippen LogP contribution in [0.2, 0.25) is 0 Å². The first-order valence-electron chi connectivity index (χ1n) is 8.27. The molecule has 27 heavy (non-hydrogen) atoms. The van der Waals surface area contributed by atoms with E-state index in [0.717, 1.165) is 32.6 Å². The predicted octanol–water partition coefficient (Wildman–Crippen LogP) is 1.82. The van der Waals surface area contributed by atoms with Crippen LogP contribution in [0.15, 0.2) is 47.2 Å². The highest BCUT2D eigenvalue weighted by molar-refractivity contribution is 7.19. The van der Waals surface area contributed by atoms with Crippen LogP contribution < -0.4 is 11.3 Å². The number of aryl methyl sites for hydroxylation is 1. The quantitative estimate of drug-likeness (QED) is 0.513. The van der Waals surface area contributed by atoms with Crippen molar-refractivity contribution in [1.29, 1.82) is 5.41 Å². The van der Waals surface area contributed by atoms with Gasteiger partial charge in [0.25, 0.3) is 5.56 Å². The summed E-state index contributed by atoms with van der Waals surface area (Å²) < 4.78 is 4.14. The molecule has 0 aromatic carbocycles. The first-order chi connectivity index (χ1) is 13.1. The summed E-state index contributed by atoms with van der Waals surface area (Å²) in [4.78, 5) is 21.8. The van der Waals surface area contributed by atoms with E-state index in [9.17, 15) is 4.79 Å². The van der Waals surface area contributed by atoms with Crippen molar-refractivity contribution in [3.63, 3.8) is 0 Å². The summed E-state index contributed by atoms with van der Waals surface area (Å²) in [5, 5.41) is 13.0. The van der Waals surface area contributed by atoms with E-state index in [-0.39, 0.29) is 5.56 Å². The van der Waals surface area contributed by atoms with E-state index in [2.05, 4.69) is 15.1 Å². The van der Waals surface area contributed by atoms with E-state index in [0.29, 0.717) is 24.2 Å². The van der Waals surface area contributed by atoms with E-state index in [4.69, 9.17) is 11.1 Å². The van der Waals surface area contributed by atoms with Gasteiger partial charge in [-0.3, -0.25) is 9.78 Å². The molecule has 0 saturated heterocycles. The summed E-state index contributed by atoms with van der Waals surface area (Å²) in [5.41, 5.74) is 8.36. The van der Waals surface area contributed by atoms with Gasteiger partial charge in [0.1, 0.15) is 10.5 Å². The van der Waals surface area contributed by atoms with Gasteiger partial charge >= 0.3 is 0 Å². The molecule has 0 fully saturated rings. The third-order valence-electron chi connectivity index (χ3n) is 4.26. The fourth-order valence-electron chi connectivity index (χ4n) is 3.01. The molecule has 0 bridgehead atoms. The average molecular weight is 379 g/mol. The van der Waals surface area contributed by atoms with Crippen LogP contribution in [0.1, 0.15) is 10.7 Å². The van der Waals surface area contributed by atoms with Crippen molar-refractivity contribution >= 4 is 38.8 Å². The number of fused-ring (bicyclic) bond motifs is 3. The summed E-state index contributed by atoms with van der Waals surface area (Å²) in [6.45, 7) is 0.318. The fraction of sp³-hybridized carbons (Fsp3) is 0.167. The maximum Gasteiger partial charge on any atom is 0.291 e. The van der Waals surface area contributed by atoms with Gasteiger partial charge in [0.05, 0.1) is 23.1 Å². The predicted molar refractivity (Wildman–Crippen MR) is 106 cm³/mol. The Hall–Kier alpha value is -3.33. The second-order valence-electron chi connectivity index (χ2n) is 6.10. The lowest BCUT2D eigenvalue weighted by molar-refractivity contribution is 0.633. The van der Waals surface area contributed by atoms with Crippen molar-refractivity contribution < 1.29 is 0 Å². The van der Waals surface area contributed by atoms with Gasteiger partial charge in [0.15, 0.2) is 5.65 Å². The Kier molecular flexibility index (Phi) is 4.28. The minimum atomic E-state index is -0.171. The second-order valence-corrected chi connectivity index (χ2v) is 7.18. The van der Waals surface area contributed by atoms with Crippen molar-refractivity contribution in [3.8, 4) is 0 Å². The molecular formula is C18H17N7OS. The van der Waals surface area contributed by atoms with Crippen molar-refractivity contribution in [2.45, 2.75) is 13.0 Å². The molecule has 0 atom stereocenters. The Labute approximate surface area is 158 Å². The molecule has 0 aliphatic heterocycles. The molecule has 0 unspecified atom stereocenters. The molecule has 4 heterocycles. The van der Waals surface area contributed by atoms with Gasteiger partial charge in [0, 0.05) is 37.0 Å². The maximum absolute atomic E-state index is 12.9. The number of pyridine rings is 1. The van der Waals surface area contributed by atoms with Crippen LogP contribution in [0.4, 0.5) is 0 Å². The minimum absolute atomic E-state index is 0.171. The number of hydrogen-bond donors (Lipinski definition) is 2. The number of nitrogens with two attached hydrogens (primary N) is 1. The molecule has 8 nitrogen and oxygen atoms in total. The van der Waals surface area contributed by atoms with Gasteiger partial charge in [-0.1, -0.05) is 6.07 Å². The highest BCUT2D eigenvalue weighted by atomic mass is 32.1. The lowest BCUT2D eigenvalue weighted by atomic mass is 10.3. The third-order valence-corrected chi connectivity index (χ3v) is 5.34. The van der Waals surface area contributed by atoms with Gasteiger partial charge in [-0.2, -0.15) is 5.10 Å². The first kappa shape index (κ1) is 17.1. The molecule has 0 saturated carbocycles. The van der Waals surface area contributed by atoms with Gasteiger partial charge in [-0.05, 0) is 18.2 Å². The number of hydrogen-bond acceptors (Lipinski definition) is 7. The summed E-state index contributed by atoms with van der Waals surface area (Å²) in [6, 6.07) is 5.58. The highest BCUT2D eigenvalue weighted by Gasteiger charge is 2.18. The summed E-state index contributed by atoms with van der Waals surface area (Å²) >= 11 is 1.49. The molecule has 0 aliphatic carbocycles. The molecule has 136 valence electrons. The van der Waals surface area contributed by atoms with Crippen LogP contribution in [-0.4, -0.2) is 30.5 Å². The van der Waals surface area contributed by atoms with Crippen molar-refractivity contribution in [2.75, 3.05) is 0 Å². The van der Waals surface area contributed by atoms with E-state index < -0.39 is 0 Å². The van der Waals surface area contributed by atoms with Gasteiger partial charge in [0.2, 0.25) is 0 Å². The molecule has 4 rings (SSSR count). The number of nitrogens with zero attached hydrogens (tertiary/aromatic N) is 5. The van der Waals surface area contributed by atoms with Crippen LogP contribution in [0.25, 0.3) is 21.3 Å². The van der Waals surface area contributed by atoms with Gasteiger partial charge in [-0.15, -0.1) is 11.3 Å². The number of nitrogens with one attached hydrogen (secondary N) is 1. The Morgan fingerprint density at radius 1 is 1.41 bits per heavy atom. The molecule has 0 amide bonds. The topological polar surface area (TPSA) is 115 Å². The molecule has 0 spiro atoms. The third kappa shape index (κ3) is 3.02. The highest BCUT2D eigenvalue weighted by Crippen LogP contribution is 2.31. The summed E-state index contributed by atoms with van der Waals surface area (Å²) in [6.07, 6.45) is 6.58. The minimum Gasteiger partial charge on any atom is -0.402 e. The van der Waals surface area contributed by atoms with Crippen LogP contribution in [0.5, 0.6) is 0 Å². The summed E-state index contributed by atoms with van der Waals surface area (Å²) in [7, 11) is 1.83. The number of aromatic nitrogens is 5. The Morgan fingerprint density at radius 2 is 2.26 bits per heavy atom. The molecule has 4 aromatic rings. The van der Waals surface area contributed by atoms with Crippen LogP contribution in [-0.2, 0) is 20.0 Å². The summed E-state index contributed by atoms with van der Waals surface area (Å²) in [5.74, 6) is 0. The van der Waals surface area contributed by atoms with Crippen LogP contribution >= 0.6 is 11.3 Å². The fourth-order valence-corrected chi connectivity index (χ4v) is 4.15. The zero-order valence-corrected chi connectivity index (χ0v) is 15.4. The first-order valence-corrected chi connectivity index (χ1v) is 9.09. The SMILES string of the molecule is Cn1c2nc(CC(N)=CC=N)sc2c2cnn(Cc3ccccn3)c(=O)c21. The van der Waals surface area contributed by atoms with Crippen LogP contribution in [0, 0.1) is 5.41 Å². The number of allylic oxidation sites excluding steroid dienone is 2. The van der Waals surface area contributed by atoms with Crippen molar-refractivity contribution in [2.24, 2.45) is 12.8 Å². The van der Waals surface area contributed by atoms with Gasteiger partial charge in [-0.25, -0.2) is 9.67 Å². The number of thiazole rings is 1. The molecule has 9 heteroatoms. The van der Waals surface area contributed by atoms with Crippen molar-refractivity contribution in [3.05, 3.63) is 63.4 Å². The zero-order chi connectivity index (χ0) is 19.0. The second kappa shape index (κ2) is 6.76. The molecule has 4 aromatic heterocycles. The zero-order valence-electron chi connectivity index (χ0n) is 14.6. The lowest BCUT2D eigenvalue weighted by Crippen LogP contribution is -2.24. The lowest BCUT2D eigenvalue weighted by Gasteiger charge is -2.05. The van der Waals surface area contributed by atoms with E-state index >= 15 is 0 Å². The van der Waals surface area contributed by atoms with E-state index in [1.165, 1.54) is 16.0 Å². The number of rotatable bonds is 5. The standard InChI is InChI=1S/C18H17N7OS/c1-24-15-13(16-17(24)23-14(27-16)8-11(20)5-6-19)9-22-25(18(15)26)10-12-4-2-3-7-21-12/h2-7,9,19H,8,10,20H2,1H3.